The number of hydrogen-bond acceptors (Lipinski definition) is 5. The Morgan fingerprint density at radius 2 is 1.26 bits per heavy atom. The number of aromatic nitrogens is 3. The lowest BCUT2D eigenvalue weighted by Gasteiger charge is -2.09. The van der Waals surface area contributed by atoms with E-state index in [2.05, 4.69) is 36.4 Å². The van der Waals surface area contributed by atoms with E-state index >= 15 is 0 Å². The summed E-state index contributed by atoms with van der Waals surface area (Å²) in [5, 5.41) is 6.33. The SMILES string of the molecule is [2H]c1c([2H])c([2H])c(-c2nc(-c3ccc4c(c3)oc3cc5ccccc5cc34)nc(-c3cccc4c3sc3ccccc34)n2)c([2H])c1[2H]. The Labute approximate surface area is 251 Å². The third kappa shape index (κ3) is 3.64. The van der Waals surface area contributed by atoms with E-state index in [0.29, 0.717) is 22.8 Å². The van der Waals surface area contributed by atoms with Crippen molar-refractivity contribution in [3.8, 4) is 34.2 Å². The zero-order chi connectivity index (χ0) is 32.0. The number of hydrogen-bond donors (Lipinski definition) is 0. The molecule has 5 heteroatoms. The first-order chi connectivity index (χ1) is 22.9. The van der Waals surface area contributed by atoms with Crippen molar-refractivity contribution in [2.45, 2.75) is 0 Å². The second-order valence-corrected chi connectivity index (χ2v) is 11.1. The predicted octanol–water partition coefficient (Wildman–Crippen LogP) is 10.3. The maximum Gasteiger partial charge on any atom is 0.165 e. The Bertz CT molecular complexity index is 2740. The van der Waals surface area contributed by atoms with Gasteiger partial charge in [-0.2, -0.15) is 0 Å². The van der Waals surface area contributed by atoms with Crippen LogP contribution in [0.15, 0.2) is 132 Å². The number of rotatable bonds is 3. The second kappa shape index (κ2) is 9.06. The Hall–Kier alpha value is -5.39. The van der Waals surface area contributed by atoms with Crippen LogP contribution in [0.5, 0.6) is 0 Å². The molecule has 0 bridgehead atoms. The number of nitrogens with zero attached hydrogens (tertiary/aromatic N) is 3. The molecule has 42 heavy (non-hydrogen) atoms. The van der Waals surface area contributed by atoms with Crippen LogP contribution in [0.1, 0.15) is 6.85 Å². The van der Waals surface area contributed by atoms with Gasteiger partial charge in [-0.3, -0.25) is 0 Å². The molecular formula is C37H21N3OS. The Balaban J connectivity index is 1.31. The molecule has 0 fully saturated rings. The molecule has 0 amide bonds. The Morgan fingerprint density at radius 1 is 0.548 bits per heavy atom. The van der Waals surface area contributed by atoms with Crippen molar-refractivity contribution in [2.24, 2.45) is 0 Å². The summed E-state index contributed by atoms with van der Waals surface area (Å²) in [6.45, 7) is 0. The first-order valence-corrected chi connectivity index (χ1v) is 14.3. The minimum atomic E-state index is -0.476. The quantitative estimate of drug-likeness (QED) is 0.216. The zero-order valence-corrected chi connectivity index (χ0v) is 22.7. The lowest BCUT2D eigenvalue weighted by molar-refractivity contribution is 0.669. The van der Waals surface area contributed by atoms with Gasteiger partial charge in [-0.25, -0.2) is 15.0 Å². The van der Waals surface area contributed by atoms with E-state index in [9.17, 15) is 0 Å². The van der Waals surface area contributed by atoms with E-state index in [0.717, 1.165) is 52.9 Å². The molecule has 0 atom stereocenters. The monoisotopic (exact) mass is 560 g/mol. The smallest absolute Gasteiger partial charge is 0.165 e. The fraction of sp³-hybridized carbons (Fsp3) is 0. The van der Waals surface area contributed by atoms with Crippen molar-refractivity contribution in [3.05, 3.63) is 127 Å². The number of furan rings is 1. The van der Waals surface area contributed by atoms with Crippen molar-refractivity contribution < 1.29 is 11.3 Å². The number of fused-ring (bicyclic) bond motifs is 7. The lowest BCUT2D eigenvalue weighted by Crippen LogP contribution is -2.00. The van der Waals surface area contributed by atoms with Gasteiger partial charge in [0.15, 0.2) is 17.5 Å². The van der Waals surface area contributed by atoms with Crippen molar-refractivity contribution in [2.75, 3.05) is 0 Å². The molecule has 0 saturated carbocycles. The van der Waals surface area contributed by atoms with Crippen molar-refractivity contribution >= 4 is 64.2 Å². The van der Waals surface area contributed by atoms with E-state index in [-0.39, 0.29) is 23.5 Å². The Kier molecular flexibility index (Phi) is 4.07. The zero-order valence-electron chi connectivity index (χ0n) is 26.9. The van der Waals surface area contributed by atoms with Gasteiger partial charge in [0, 0.05) is 47.6 Å². The molecule has 0 N–H and O–H groups in total. The average molecular weight is 561 g/mol. The van der Waals surface area contributed by atoms with Crippen LogP contribution in [0, 0.1) is 0 Å². The molecule has 9 rings (SSSR count). The van der Waals surface area contributed by atoms with Gasteiger partial charge in [-0.15, -0.1) is 11.3 Å². The molecule has 6 aromatic carbocycles. The largest absolute Gasteiger partial charge is 0.456 e. The predicted molar refractivity (Wildman–Crippen MR) is 174 cm³/mol. The summed E-state index contributed by atoms with van der Waals surface area (Å²) in [6, 6.07) is 30.1. The topological polar surface area (TPSA) is 51.8 Å². The Morgan fingerprint density at radius 3 is 2.14 bits per heavy atom. The van der Waals surface area contributed by atoms with E-state index < -0.39 is 18.1 Å². The van der Waals surface area contributed by atoms with Crippen LogP contribution in [-0.4, -0.2) is 15.0 Å². The molecule has 0 aliphatic carbocycles. The molecular weight excluding hydrogens is 534 g/mol. The van der Waals surface area contributed by atoms with E-state index in [4.69, 9.17) is 26.2 Å². The molecule has 0 aliphatic rings. The van der Waals surface area contributed by atoms with Gasteiger partial charge in [0.2, 0.25) is 0 Å². The van der Waals surface area contributed by atoms with Gasteiger partial charge in [0.05, 0.1) is 6.85 Å². The van der Waals surface area contributed by atoms with Crippen LogP contribution >= 0.6 is 11.3 Å². The highest BCUT2D eigenvalue weighted by Gasteiger charge is 2.17. The molecule has 0 saturated heterocycles. The maximum atomic E-state index is 8.67. The van der Waals surface area contributed by atoms with Gasteiger partial charge in [-0.1, -0.05) is 90.9 Å². The van der Waals surface area contributed by atoms with Gasteiger partial charge in [0.25, 0.3) is 0 Å². The summed E-state index contributed by atoms with van der Waals surface area (Å²) < 4.78 is 50.5. The van der Waals surface area contributed by atoms with Crippen LogP contribution in [0.4, 0.5) is 0 Å². The van der Waals surface area contributed by atoms with Crippen LogP contribution in [0.25, 0.3) is 87.0 Å². The summed E-state index contributed by atoms with van der Waals surface area (Å²) in [5.74, 6) is 0.628. The van der Waals surface area contributed by atoms with E-state index in [1.54, 1.807) is 11.3 Å². The maximum absolute atomic E-state index is 8.67. The molecule has 196 valence electrons. The fourth-order valence-electron chi connectivity index (χ4n) is 5.62. The number of thiophene rings is 1. The molecule has 4 nitrogen and oxygen atoms in total. The lowest BCUT2D eigenvalue weighted by atomic mass is 10.1. The number of benzene rings is 6. The molecule has 0 aliphatic heterocycles. The molecule has 3 heterocycles. The standard InChI is InChI=1S/C37H21N3OS/c1-2-9-22(10-3-1)35-38-36(40-37(39-35)29-15-8-14-28-27-13-6-7-16-33(27)42-34(28)29)25-17-18-26-30-19-23-11-4-5-12-24(23)20-32(30)41-31(26)21-25/h1-21H/i1D,2D,3D,9D,10D. The first-order valence-electron chi connectivity index (χ1n) is 15.9. The van der Waals surface area contributed by atoms with Crippen molar-refractivity contribution in [1.29, 1.82) is 0 Å². The summed E-state index contributed by atoms with van der Waals surface area (Å²) in [4.78, 5) is 14.4. The fourth-order valence-corrected chi connectivity index (χ4v) is 6.84. The van der Waals surface area contributed by atoms with Crippen LogP contribution in [-0.2, 0) is 0 Å². The summed E-state index contributed by atoms with van der Waals surface area (Å²) in [7, 11) is 0. The van der Waals surface area contributed by atoms with Crippen LogP contribution in [0.3, 0.4) is 0 Å². The van der Waals surface area contributed by atoms with E-state index in [1.165, 1.54) is 0 Å². The van der Waals surface area contributed by atoms with Gasteiger partial charge in [-0.05, 0) is 47.2 Å². The van der Waals surface area contributed by atoms with Crippen molar-refractivity contribution in [3.63, 3.8) is 0 Å². The highest BCUT2D eigenvalue weighted by molar-refractivity contribution is 7.26. The summed E-state index contributed by atoms with van der Waals surface area (Å²) >= 11 is 1.63. The highest BCUT2D eigenvalue weighted by atomic mass is 32.1. The summed E-state index contributed by atoms with van der Waals surface area (Å²) in [5.41, 5.74) is 2.74. The molecule has 9 aromatic rings. The van der Waals surface area contributed by atoms with Gasteiger partial charge < -0.3 is 4.42 Å². The van der Waals surface area contributed by atoms with Crippen LogP contribution < -0.4 is 0 Å². The first kappa shape index (κ1) is 18.9. The third-order valence-corrected chi connectivity index (χ3v) is 8.82. The third-order valence-electron chi connectivity index (χ3n) is 7.60. The molecule has 0 unspecified atom stereocenters. The van der Waals surface area contributed by atoms with Crippen LogP contribution in [0.2, 0.25) is 0 Å². The molecule has 0 spiro atoms. The molecule has 3 aromatic heterocycles. The van der Waals surface area contributed by atoms with Gasteiger partial charge >= 0.3 is 0 Å². The second-order valence-electron chi connectivity index (χ2n) is 10.1. The van der Waals surface area contributed by atoms with E-state index in [1.807, 2.05) is 60.7 Å². The minimum Gasteiger partial charge on any atom is -0.456 e. The van der Waals surface area contributed by atoms with Gasteiger partial charge in [0.1, 0.15) is 11.2 Å². The summed E-state index contributed by atoms with van der Waals surface area (Å²) in [6.07, 6.45) is 0. The van der Waals surface area contributed by atoms with Crippen molar-refractivity contribution in [1.82, 2.24) is 15.0 Å². The highest BCUT2D eigenvalue weighted by Crippen LogP contribution is 2.40. The minimum absolute atomic E-state index is 0.00364. The normalized spacial score (nSPS) is 13.5. The average Bonchev–Trinajstić information content (AvgIpc) is 3.66. The molecule has 0 radical (unpaired) electrons.